The maximum Gasteiger partial charge on any atom is 0.280 e. The van der Waals surface area contributed by atoms with E-state index >= 15 is 0 Å². The molecule has 0 radical (unpaired) electrons. The van der Waals surface area contributed by atoms with Crippen molar-refractivity contribution in [3.63, 3.8) is 0 Å². The van der Waals surface area contributed by atoms with Gasteiger partial charge in [0.1, 0.15) is 17.7 Å². The number of nitrogens with zero attached hydrogens (tertiary/aromatic N) is 3. The van der Waals surface area contributed by atoms with Gasteiger partial charge in [-0.05, 0) is 36.8 Å². The number of para-hydroxylation sites is 2. The van der Waals surface area contributed by atoms with Gasteiger partial charge in [0.15, 0.2) is 5.43 Å². The smallest absolute Gasteiger partial charge is 0.280 e. The molecular formula is C23H18N4O3S. The van der Waals surface area contributed by atoms with E-state index < -0.39 is 5.91 Å². The van der Waals surface area contributed by atoms with E-state index in [1.165, 1.54) is 17.7 Å². The molecule has 0 aliphatic rings. The molecule has 31 heavy (non-hydrogen) atoms. The van der Waals surface area contributed by atoms with Crippen LogP contribution < -0.4 is 16.4 Å². The van der Waals surface area contributed by atoms with Crippen LogP contribution in [0.5, 0.6) is 0 Å². The average Bonchev–Trinajstić information content (AvgIpc) is 3.23. The van der Waals surface area contributed by atoms with Crippen LogP contribution in [0.3, 0.4) is 0 Å². The number of amides is 1. The minimum atomic E-state index is -0.395. The van der Waals surface area contributed by atoms with Crippen molar-refractivity contribution in [2.45, 2.75) is 19.9 Å². The van der Waals surface area contributed by atoms with Gasteiger partial charge in [-0.1, -0.05) is 31.2 Å². The van der Waals surface area contributed by atoms with Gasteiger partial charge in [-0.3, -0.25) is 19.8 Å². The standard InChI is InChI=1S/C23H18N4O3S/c1-2-14-11-17-22(31-14)24-13-27(23(17)30)25-20(28)12-26-18-9-5-3-7-15(18)21(29)16-8-4-6-10-19(16)26/h3-11,13H,2,12H2,1H3,(H,25,28). The summed E-state index contributed by atoms with van der Waals surface area (Å²) in [6.45, 7) is 1.96. The number of thiophene rings is 1. The minimum Gasteiger partial charge on any atom is -0.331 e. The van der Waals surface area contributed by atoms with Crippen molar-refractivity contribution in [1.29, 1.82) is 0 Å². The van der Waals surface area contributed by atoms with Gasteiger partial charge >= 0.3 is 0 Å². The second-order valence-corrected chi connectivity index (χ2v) is 8.30. The van der Waals surface area contributed by atoms with E-state index in [2.05, 4.69) is 10.4 Å². The van der Waals surface area contributed by atoms with Gasteiger partial charge in [0, 0.05) is 15.6 Å². The van der Waals surface area contributed by atoms with E-state index in [0.717, 1.165) is 16.0 Å². The Labute approximate surface area is 180 Å². The Hall–Kier alpha value is -3.78. The third-order valence-electron chi connectivity index (χ3n) is 5.28. The number of hydrogen-bond acceptors (Lipinski definition) is 5. The predicted octanol–water partition coefficient (Wildman–Crippen LogP) is 3.26. The molecule has 3 aromatic heterocycles. The number of benzene rings is 2. The van der Waals surface area contributed by atoms with Crippen molar-refractivity contribution in [2.75, 3.05) is 5.43 Å². The molecule has 7 nitrogen and oxygen atoms in total. The molecule has 0 fully saturated rings. The first-order valence-electron chi connectivity index (χ1n) is 9.87. The van der Waals surface area contributed by atoms with Crippen molar-refractivity contribution in [3.8, 4) is 0 Å². The molecule has 0 saturated heterocycles. The number of carbonyl (C=O) groups excluding carboxylic acids is 1. The number of pyridine rings is 1. The highest BCUT2D eigenvalue weighted by Gasteiger charge is 2.14. The van der Waals surface area contributed by atoms with Gasteiger partial charge in [-0.15, -0.1) is 11.3 Å². The summed E-state index contributed by atoms with van der Waals surface area (Å²) in [5.74, 6) is -0.395. The molecule has 2 aromatic carbocycles. The fourth-order valence-corrected chi connectivity index (χ4v) is 4.71. The Balaban J connectivity index is 1.56. The van der Waals surface area contributed by atoms with Crippen molar-refractivity contribution >= 4 is 49.3 Å². The Kier molecular flexibility index (Phi) is 4.63. The van der Waals surface area contributed by atoms with E-state index in [-0.39, 0.29) is 17.5 Å². The predicted molar refractivity (Wildman–Crippen MR) is 123 cm³/mol. The zero-order chi connectivity index (χ0) is 21.5. The Morgan fingerprint density at radius 2 is 1.65 bits per heavy atom. The summed E-state index contributed by atoms with van der Waals surface area (Å²) in [7, 11) is 0. The van der Waals surface area contributed by atoms with Crippen LogP contribution in [-0.4, -0.2) is 20.1 Å². The number of nitrogens with one attached hydrogen (secondary N) is 1. The fraction of sp³-hybridized carbons (Fsp3) is 0.130. The first-order valence-corrected chi connectivity index (χ1v) is 10.7. The van der Waals surface area contributed by atoms with Gasteiger partial charge in [0.25, 0.3) is 11.5 Å². The Morgan fingerprint density at radius 3 is 2.29 bits per heavy atom. The van der Waals surface area contributed by atoms with Crippen LogP contribution in [0.15, 0.2) is 70.5 Å². The summed E-state index contributed by atoms with van der Waals surface area (Å²) < 4.78 is 2.90. The van der Waals surface area contributed by atoms with Gasteiger partial charge in [0.05, 0.1) is 16.4 Å². The van der Waals surface area contributed by atoms with Gasteiger partial charge in [-0.2, -0.15) is 0 Å². The van der Waals surface area contributed by atoms with E-state index in [9.17, 15) is 14.4 Å². The van der Waals surface area contributed by atoms with E-state index in [1.54, 1.807) is 28.8 Å². The van der Waals surface area contributed by atoms with Gasteiger partial charge in [0.2, 0.25) is 0 Å². The zero-order valence-electron chi connectivity index (χ0n) is 16.7. The summed E-state index contributed by atoms with van der Waals surface area (Å²) >= 11 is 1.47. The van der Waals surface area contributed by atoms with Crippen LogP contribution in [-0.2, 0) is 17.8 Å². The van der Waals surface area contributed by atoms with E-state index in [1.807, 2.05) is 37.3 Å². The molecule has 0 saturated carbocycles. The molecule has 0 aliphatic carbocycles. The fourth-order valence-electron chi connectivity index (χ4n) is 3.79. The third-order valence-corrected chi connectivity index (χ3v) is 6.46. The van der Waals surface area contributed by atoms with Crippen molar-refractivity contribution < 1.29 is 4.79 Å². The summed E-state index contributed by atoms with van der Waals surface area (Å²) in [5, 5.41) is 1.57. The normalized spacial score (nSPS) is 11.4. The molecule has 0 spiro atoms. The van der Waals surface area contributed by atoms with Crippen molar-refractivity contribution in [1.82, 2.24) is 14.2 Å². The topological polar surface area (TPSA) is 86.0 Å². The first-order chi connectivity index (χ1) is 15.1. The second kappa shape index (κ2) is 7.48. The van der Waals surface area contributed by atoms with Crippen LogP contribution in [0.2, 0.25) is 0 Å². The van der Waals surface area contributed by atoms with Crippen LogP contribution in [0.4, 0.5) is 0 Å². The van der Waals surface area contributed by atoms with E-state index in [4.69, 9.17) is 0 Å². The van der Waals surface area contributed by atoms with Crippen LogP contribution >= 0.6 is 11.3 Å². The maximum atomic E-state index is 12.9. The average molecular weight is 430 g/mol. The van der Waals surface area contributed by atoms with Crippen LogP contribution in [0.25, 0.3) is 32.0 Å². The van der Waals surface area contributed by atoms with E-state index in [0.29, 0.717) is 32.0 Å². The number of aryl methyl sites for hydroxylation is 1. The number of fused-ring (bicyclic) bond motifs is 3. The Bertz CT molecular complexity index is 1540. The summed E-state index contributed by atoms with van der Waals surface area (Å²) in [5.41, 5.74) is 3.56. The first kappa shape index (κ1) is 19.2. The lowest BCUT2D eigenvalue weighted by Gasteiger charge is -2.15. The molecular weight excluding hydrogens is 412 g/mol. The van der Waals surface area contributed by atoms with Crippen molar-refractivity contribution in [2.24, 2.45) is 0 Å². The quantitative estimate of drug-likeness (QED) is 0.444. The monoisotopic (exact) mass is 430 g/mol. The molecule has 0 atom stereocenters. The number of hydrogen-bond donors (Lipinski definition) is 1. The Morgan fingerprint density at radius 1 is 1.00 bits per heavy atom. The SMILES string of the molecule is CCc1cc2c(=O)n(NC(=O)Cn3c4ccccc4c(=O)c4ccccc43)cnc2s1. The van der Waals surface area contributed by atoms with Crippen LogP contribution in [0, 0.1) is 0 Å². The summed E-state index contributed by atoms with van der Waals surface area (Å²) in [6.07, 6.45) is 2.15. The summed E-state index contributed by atoms with van der Waals surface area (Å²) in [4.78, 5) is 44.6. The lowest BCUT2D eigenvalue weighted by Crippen LogP contribution is -2.35. The molecule has 5 rings (SSSR count). The number of aromatic nitrogens is 3. The second-order valence-electron chi connectivity index (χ2n) is 7.19. The molecule has 3 heterocycles. The highest BCUT2D eigenvalue weighted by atomic mass is 32.1. The maximum absolute atomic E-state index is 12.9. The lowest BCUT2D eigenvalue weighted by molar-refractivity contribution is -0.117. The zero-order valence-corrected chi connectivity index (χ0v) is 17.5. The van der Waals surface area contributed by atoms with Crippen molar-refractivity contribution in [3.05, 3.63) is 86.4 Å². The van der Waals surface area contributed by atoms with Gasteiger partial charge in [-0.25, -0.2) is 9.66 Å². The molecule has 1 N–H and O–H groups in total. The molecule has 5 aromatic rings. The number of rotatable bonds is 4. The molecule has 0 aliphatic heterocycles. The largest absolute Gasteiger partial charge is 0.331 e. The molecule has 8 heteroatoms. The third kappa shape index (κ3) is 3.21. The lowest BCUT2D eigenvalue weighted by atomic mass is 10.1. The summed E-state index contributed by atoms with van der Waals surface area (Å²) in [6, 6.07) is 16.2. The molecule has 0 unspecified atom stereocenters. The minimum absolute atomic E-state index is 0.0599. The van der Waals surface area contributed by atoms with Gasteiger partial charge < -0.3 is 4.57 Å². The number of carbonyl (C=O) groups is 1. The highest BCUT2D eigenvalue weighted by Crippen LogP contribution is 2.21. The molecule has 0 bridgehead atoms. The highest BCUT2D eigenvalue weighted by molar-refractivity contribution is 7.18. The molecule has 154 valence electrons. The molecule has 1 amide bonds. The van der Waals surface area contributed by atoms with Crippen LogP contribution in [0.1, 0.15) is 11.8 Å².